The highest BCUT2D eigenvalue weighted by Gasteiger charge is 2.08. The Morgan fingerprint density at radius 3 is 2.95 bits per heavy atom. The minimum atomic E-state index is -0.283. The van der Waals surface area contributed by atoms with Gasteiger partial charge < -0.3 is 11.1 Å². The van der Waals surface area contributed by atoms with Crippen LogP contribution in [0.15, 0.2) is 6.20 Å². The number of nitrogen functional groups attached to an aromatic ring is 1. The molecule has 0 aliphatic rings. The molecule has 9 heteroatoms. The SMILES string of the molecule is NNc1nc(NCCCCC(N)=O)c2cn[nH]c2n1. The predicted molar refractivity (Wildman–Crippen MR) is 71.0 cm³/mol. The van der Waals surface area contributed by atoms with E-state index in [1.807, 2.05) is 0 Å². The minimum absolute atomic E-state index is 0.283. The van der Waals surface area contributed by atoms with Crippen LogP contribution in [0.2, 0.25) is 0 Å². The molecule has 0 radical (unpaired) electrons. The molecule has 0 saturated carbocycles. The third kappa shape index (κ3) is 3.28. The number of aromatic nitrogens is 4. The first-order valence-electron chi connectivity index (χ1n) is 5.90. The van der Waals surface area contributed by atoms with Crippen molar-refractivity contribution >= 4 is 28.7 Å². The second-order valence-electron chi connectivity index (χ2n) is 4.02. The van der Waals surface area contributed by atoms with Gasteiger partial charge in [0.15, 0.2) is 5.65 Å². The van der Waals surface area contributed by atoms with E-state index in [-0.39, 0.29) is 5.91 Å². The summed E-state index contributed by atoms with van der Waals surface area (Å²) in [5.74, 6) is 5.96. The summed E-state index contributed by atoms with van der Waals surface area (Å²) in [6, 6.07) is 0. The molecule has 19 heavy (non-hydrogen) atoms. The topological polar surface area (TPSA) is 148 Å². The normalized spacial score (nSPS) is 10.6. The zero-order chi connectivity index (χ0) is 13.7. The Morgan fingerprint density at radius 2 is 2.21 bits per heavy atom. The average Bonchev–Trinajstić information content (AvgIpc) is 2.85. The number of H-pyrrole nitrogens is 1. The number of nitrogens with one attached hydrogen (secondary N) is 3. The Hall–Kier alpha value is -2.42. The highest BCUT2D eigenvalue weighted by atomic mass is 16.1. The zero-order valence-corrected chi connectivity index (χ0v) is 10.3. The number of hydrazine groups is 1. The zero-order valence-electron chi connectivity index (χ0n) is 10.3. The van der Waals surface area contributed by atoms with Gasteiger partial charge in [-0.1, -0.05) is 0 Å². The summed E-state index contributed by atoms with van der Waals surface area (Å²) in [5, 5.41) is 10.6. The lowest BCUT2D eigenvalue weighted by Crippen LogP contribution is -2.13. The first kappa shape index (κ1) is 13.0. The monoisotopic (exact) mass is 264 g/mol. The number of anilines is 2. The molecule has 0 aromatic carbocycles. The first-order chi connectivity index (χ1) is 9.20. The van der Waals surface area contributed by atoms with Crippen LogP contribution in [0.3, 0.4) is 0 Å². The number of primary amides is 1. The van der Waals surface area contributed by atoms with Crippen LogP contribution in [0.25, 0.3) is 11.0 Å². The number of amides is 1. The highest BCUT2D eigenvalue weighted by molar-refractivity contribution is 5.86. The number of nitrogens with zero attached hydrogens (tertiary/aromatic N) is 3. The lowest BCUT2D eigenvalue weighted by atomic mass is 10.2. The van der Waals surface area contributed by atoms with Gasteiger partial charge in [-0.2, -0.15) is 15.1 Å². The van der Waals surface area contributed by atoms with Crippen LogP contribution in [0.4, 0.5) is 11.8 Å². The number of carbonyl (C=O) groups is 1. The largest absolute Gasteiger partial charge is 0.370 e. The Balaban J connectivity index is 1.99. The fourth-order valence-electron chi connectivity index (χ4n) is 1.67. The maximum Gasteiger partial charge on any atom is 0.241 e. The van der Waals surface area contributed by atoms with Gasteiger partial charge in [-0.15, -0.1) is 0 Å². The summed E-state index contributed by atoms with van der Waals surface area (Å²) >= 11 is 0. The lowest BCUT2D eigenvalue weighted by Gasteiger charge is -2.07. The maximum atomic E-state index is 10.6. The summed E-state index contributed by atoms with van der Waals surface area (Å²) in [6.45, 7) is 0.675. The molecule has 0 fully saturated rings. The van der Waals surface area contributed by atoms with E-state index in [2.05, 4.69) is 30.9 Å². The Morgan fingerprint density at radius 1 is 1.37 bits per heavy atom. The second kappa shape index (κ2) is 5.96. The minimum Gasteiger partial charge on any atom is -0.370 e. The van der Waals surface area contributed by atoms with Crippen molar-refractivity contribution in [1.82, 2.24) is 20.2 Å². The van der Waals surface area contributed by atoms with Crippen molar-refractivity contribution in [3.63, 3.8) is 0 Å². The van der Waals surface area contributed by atoms with Crippen molar-refractivity contribution in [3.05, 3.63) is 6.20 Å². The van der Waals surface area contributed by atoms with E-state index in [0.717, 1.165) is 18.2 Å². The van der Waals surface area contributed by atoms with E-state index in [1.165, 1.54) is 0 Å². The van der Waals surface area contributed by atoms with Crippen LogP contribution >= 0.6 is 0 Å². The van der Waals surface area contributed by atoms with Gasteiger partial charge in [-0.3, -0.25) is 15.3 Å². The molecule has 9 nitrogen and oxygen atoms in total. The fourth-order valence-corrected chi connectivity index (χ4v) is 1.67. The van der Waals surface area contributed by atoms with E-state index in [4.69, 9.17) is 11.6 Å². The molecule has 102 valence electrons. The lowest BCUT2D eigenvalue weighted by molar-refractivity contribution is -0.118. The van der Waals surface area contributed by atoms with Crippen LogP contribution in [0.5, 0.6) is 0 Å². The average molecular weight is 264 g/mol. The fraction of sp³-hybridized carbons (Fsp3) is 0.400. The number of fused-ring (bicyclic) bond motifs is 1. The summed E-state index contributed by atoms with van der Waals surface area (Å²) < 4.78 is 0. The summed E-state index contributed by atoms with van der Waals surface area (Å²) in [6.07, 6.45) is 3.59. The van der Waals surface area contributed by atoms with Crippen LogP contribution in [-0.2, 0) is 4.79 Å². The molecular formula is C10H16N8O. The van der Waals surface area contributed by atoms with Crippen LogP contribution in [-0.4, -0.2) is 32.6 Å². The molecule has 2 rings (SSSR count). The smallest absolute Gasteiger partial charge is 0.241 e. The number of aromatic amines is 1. The maximum absolute atomic E-state index is 10.6. The van der Waals surface area contributed by atoms with Gasteiger partial charge in [0.05, 0.1) is 11.6 Å². The van der Waals surface area contributed by atoms with E-state index in [0.29, 0.717) is 30.4 Å². The third-order valence-corrected chi connectivity index (χ3v) is 2.58. The molecule has 0 aliphatic heterocycles. The number of hydrogen-bond acceptors (Lipinski definition) is 7. The van der Waals surface area contributed by atoms with E-state index in [1.54, 1.807) is 6.20 Å². The van der Waals surface area contributed by atoms with Crippen molar-refractivity contribution in [2.45, 2.75) is 19.3 Å². The molecule has 0 spiro atoms. The molecule has 0 unspecified atom stereocenters. The second-order valence-corrected chi connectivity index (χ2v) is 4.02. The van der Waals surface area contributed by atoms with Crippen LogP contribution in [0.1, 0.15) is 19.3 Å². The number of carbonyl (C=O) groups excluding carboxylic acids is 1. The van der Waals surface area contributed by atoms with Gasteiger partial charge in [-0.25, -0.2) is 5.84 Å². The molecule has 0 aliphatic carbocycles. The summed E-state index contributed by atoms with van der Waals surface area (Å²) in [4.78, 5) is 18.9. The standard InChI is InChI=1S/C10H16N8O/c11-7(19)3-1-2-4-13-8-6-5-14-18-9(6)16-10(15-8)17-12/h5H,1-4,12H2,(H2,11,19)(H3,13,14,15,16,17,18). The molecule has 0 saturated heterocycles. The van der Waals surface area contributed by atoms with Crippen LogP contribution in [0, 0.1) is 0 Å². The quantitative estimate of drug-likeness (QED) is 0.262. The van der Waals surface area contributed by atoms with Crippen LogP contribution < -0.4 is 22.3 Å². The van der Waals surface area contributed by atoms with Gasteiger partial charge in [0.2, 0.25) is 11.9 Å². The Bertz CT molecular complexity index is 566. The van der Waals surface area contributed by atoms with Gasteiger partial charge in [0.25, 0.3) is 0 Å². The van der Waals surface area contributed by atoms with Crippen molar-refractivity contribution in [1.29, 1.82) is 0 Å². The van der Waals surface area contributed by atoms with Gasteiger partial charge in [0.1, 0.15) is 5.82 Å². The van der Waals surface area contributed by atoms with Gasteiger partial charge in [-0.05, 0) is 12.8 Å². The summed E-state index contributed by atoms with van der Waals surface area (Å²) in [7, 11) is 0. The summed E-state index contributed by atoms with van der Waals surface area (Å²) in [5.41, 5.74) is 8.06. The molecule has 2 aromatic rings. The van der Waals surface area contributed by atoms with Crippen molar-refractivity contribution in [2.75, 3.05) is 17.3 Å². The Labute approximate surface area is 109 Å². The number of rotatable bonds is 7. The molecule has 2 heterocycles. The molecule has 0 atom stereocenters. The number of hydrogen-bond donors (Lipinski definition) is 5. The predicted octanol–water partition coefficient (Wildman–Crippen LogP) is -0.294. The molecule has 1 amide bonds. The number of nitrogens with two attached hydrogens (primary N) is 2. The van der Waals surface area contributed by atoms with E-state index in [9.17, 15) is 4.79 Å². The third-order valence-electron chi connectivity index (χ3n) is 2.58. The van der Waals surface area contributed by atoms with Gasteiger partial charge in [0, 0.05) is 13.0 Å². The van der Waals surface area contributed by atoms with Gasteiger partial charge >= 0.3 is 0 Å². The molecule has 7 N–H and O–H groups in total. The van der Waals surface area contributed by atoms with Crippen molar-refractivity contribution in [3.8, 4) is 0 Å². The molecular weight excluding hydrogens is 248 g/mol. The van der Waals surface area contributed by atoms with E-state index < -0.39 is 0 Å². The molecule has 0 bridgehead atoms. The first-order valence-corrected chi connectivity index (χ1v) is 5.90. The van der Waals surface area contributed by atoms with Crippen molar-refractivity contribution in [2.24, 2.45) is 11.6 Å². The highest BCUT2D eigenvalue weighted by Crippen LogP contribution is 2.19. The molecule has 2 aromatic heterocycles. The van der Waals surface area contributed by atoms with E-state index >= 15 is 0 Å². The number of unbranched alkanes of at least 4 members (excludes halogenated alkanes) is 1. The van der Waals surface area contributed by atoms with Crippen molar-refractivity contribution < 1.29 is 4.79 Å². The Kier molecular flexibility index (Phi) is 4.08.